The molecule has 132 valence electrons. The van der Waals surface area contributed by atoms with Crippen LogP contribution in [0.3, 0.4) is 0 Å². The molecular weight excluding hydrogens is 342 g/mol. The first-order valence-electron chi connectivity index (χ1n) is 8.42. The van der Waals surface area contributed by atoms with E-state index in [0.29, 0.717) is 17.1 Å². The number of aromatic hydroxyl groups is 1. The monoisotopic (exact) mass is 357 g/mol. The molecule has 3 heterocycles. The Bertz CT molecular complexity index is 1290. The van der Waals surface area contributed by atoms with Gasteiger partial charge in [-0.25, -0.2) is 4.98 Å². The second kappa shape index (κ2) is 5.88. The van der Waals surface area contributed by atoms with Crippen LogP contribution in [0, 0.1) is 0 Å². The minimum atomic E-state index is 0.137. The summed E-state index contributed by atoms with van der Waals surface area (Å²) >= 11 is 0. The molecule has 0 aliphatic rings. The van der Waals surface area contributed by atoms with Crippen LogP contribution in [0.5, 0.6) is 11.5 Å². The van der Waals surface area contributed by atoms with Gasteiger partial charge in [0.15, 0.2) is 5.58 Å². The van der Waals surface area contributed by atoms with E-state index in [0.717, 1.165) is 33.2 Å². The van der Waals surface area contributed by atoms with E-state index in [1.54, 1.807) is 37.8 Å². The number of benzene rings is 2. The lowest BCUT2D eigenvalue weighted by Crippen LogP contribution is -1.86. The lowest BCUT2D eigenvalue weighted by molar-refractivity contribution is 0.408. The van der Waals surface area contributed by atoms with Crippen molar-refractivity contribution >= 4 is 22.1 Å². The maximum Gasteiger partial charge on any atom is 0.161 e. The highest BCUT2D eigenvalue weighted by Gasteiger charge is 2.16. The number of furan rings is 1. The largest absolute Gasteiger partial charge is 0.508 e. The highest BCUT2D eigenvalue weighted by molar-refractivity contribution is 5.94. The van der Waals surface area contributed by atoms with Crippen molar-refractivity contribution in [3.8, 4) is 33.9 Å². The van der Waals surface area contributed by atoms with Crippen LogP contribution in [0.1, 0.15) is 0 Å². The predicted octanol–water partition coefficient (Wildman–Crippen LogP) is 4.75. The zero-order valence-electron chi connectivity index (χ0n) is 14.4. The maximum atomic E-state index is 9.69. The fourth-order valence-corrected chi connectivity index (χ4v) is 3.28. The number of aromatic nitrogens is 3. The van der Waals surface area contributed by atoms with E-state index in [9.17, 15) is 5.11 Å². The topological polar surface area (TPSA) is 84.2 Å². The van der Waals surface area contributed by atoms with E-state index in [2.05, 4.69) is 15.0 Å². The zero-order chi connectivity index (χ0) is 18.4. The predicted molar refractivity (Wildman–Crippen MR) is 103 cm³/mol. The van der Waals surface area contributed by atoms with Gasteiger partial charge in [0.2, 0.25) is 0 Å². The summed E-state index contributed by atoms with van der Waals surface area (Å²) in [6.07, 6.45) is 3.45. The molecule has 0 unspecified atom stereocenters. The summed E-state index contributed by atoms with van der Waals surface area (Å²) < 4.78 is 11.5. The van der Waals surface area contributed by atoms with Crippen molar-refractivity contribution in [2.75, 3.05) is 7.11 Å². The van der Waals surface area contributed by atoms with Crippen molar-refractivity contribution in [2.24, 2.45) is 0 Å². The van der Waals surface area contributed by atoms with Crippen LogP contribution in [0.25, 0.3) is 44.6 Å². The van der Waals surface area contributed by atoms with E-state index in [-0.39, 0.29) is 5.75 Å². The van der Waals surface area contributed by atoms with Gasteiger partial charge in [-0.05, 0) is 35.9 Å². The first-order chi connectivity index (χ1) is 13.2. The fourth-order valence-electron chi connectivity index (χ4n) is 3.28. The Hall–Kier alpha value is -3.80. The average molecular weight is 357 g/mol. The van der Waals surface area contributed by atoms with Crippen molar-refractivity contribution in [2.45, 2.75) is 0 Å². The summed E-state index contributed by atoms with van der Waals surface area (Å²) in [6.45, 7) is 0. The number of hydrogen-bond acceptors (Lipinski definition) is 5. The van der Waals surface area contributed by atoms with Gasteiger partial charge in [-0.2, -0.15) is 0 Å². The van der Waals surface area contributed by atoms with Gasteiger partial charge in [0.05, 0.1) is 30.0 Å². The van der Waals surface area contributed by atoms with Crippen molar-refractivity contribution in [3.05, 3.63) is 61.1 Å². The highest BCUT2D eigenvalue weighted by atomic mass is 16.5. The molecule has 2 N–H and O–H groups in total. The van der Waals surface area contributed by atoms with Crippen LogP contribution in [0.15, 0.2) is 65.5 Å². The third-order valence-electron chi connectivity index (χ3n) is 4.59. The Labute approximate surface area is 154 Å². The molecule has 6 heteroatoms. The Morgan fingerprint density at radius 2 is 1.89 bits per heavy atom. The van der Waals surface area contributed by atoms with Crippen LogP contribution in [0.4, 0.5) is 0 Å². The smallest absolute Gasteiger partial charge is 0.161 e. The number of methoxy groups -OCH3 is 1. The summed E-state index contributed by atoms with van der Waals surface area (Å²) in [6, 6.07) is 14.8. The molecule has 3 aromatic heterocycles. The molecule has 6 nitrogen and oxygen atoms in total. The Morgan fingerprint density at radius 3 is 2.78 bits per heavy atom. The molecule has 0 saturated carbocycles. The number of imidazole rings is 1. The number of rotatable bonds is 3. The molecule has 0 bridgehead atoms. The minimum absolute atomic E-state index is 0.137. The Kier molecular flexibility index (Phi) is 3.36. The number of phenolic OH excluding ortho intramolecular Hbond substituents is 1. The minimum Gasteiger partial charge on any atom is -0.508 e. The molecule has 0 atom stereocenters. The Morgan fingerprint density at radius 1 is 0.963 bits per heavy atom. The van der Waals surface area contributed by atoms with Gasteiger partial charge in [-0.1, -0.05) is 6.07 Å². The van der Waals surface area contributed by atoms with E-state index in [1.165, 1.54) is 0 Å². The van der Waals surface area contributed by atoms with Crippen LogP contribution < -0.4 is 4.74 Å². The maximum absolute atomic E-state index is 9.69. The van der Waals surface area contributed by atoms with Crippen molar-refractivity contribution < 1.29 is 14.3 Å². The second-order valence-electron chi connectivity index (χ2n) is 6.20. The molecule has 5 aromatic rings. The first kappa shape index (κ1) is 15.5. The normalized spacial score (nSPS) is 11.3. The van der Waals surface area contributed by atoms with Crippen molar-refractivity contribution in [1.29, 1.82) is 0 Å². The average Bonchev–Trinajstić information content (AvgIpc) is 3.33. The van der Waals surface area contributed by atoms with Crippen LogP contribution in [-0.4, -0.2) is 27.2 Å². The van der Waals surface area contributed by atoms with E-state index < -0.39 is 0 Å². The number of nitrogens with one attached hydrogen (secondary N) is 1. The zero-order valence-corrected chi connectivity index (χ0v) is 14.4. The van der Waals surface area contributed by atoms with Crippen LogP contribution in [-0.2, 0) is 0 Å². The summed E-state index contributed by atoms with van der Waals surface area (Å²) in [4.78, 5) is 11.8. The van der Waals surface area contributed by atoms with E-state index >= 15 is 0 Å². The summed E-state index contributed by atoms with van der Waals surface area (Å²) in [5.41, 5.74) is 6.03. The van der Waals surface area contributed by atoms with E-state index in [1.807, 2.05) is 30.3 Å². The number of ether oxygens (including phenoxy) is 1. The van der Waals surface area contributed by atoms with Crippen molar-refractivity contribution in [1.82, 2.24) is 15.0 Å². The van der Waals surface area contributed by atoms with Crippen molar-refractivity contribution in [3.63, 3.8) is 0 Å². The number of phenols is 1. The van der Waals surface area contributed by atoms with Gasteiger partial charge in [0, 0.05) is 23.9 Å². The number of H-pyrrole nitrogens is 1. The molecule has 0 amide bonds. The standard InChI is InChI=1S/C21H15N3O3/c1-26-19-9-13(25)3-4-15(19)20-10-18-21(27-20)14(6-7-22-18)12-2-5-16-17(8-12)24-11-23-16/h2-11,25H,1H3,(H,23,24). The number of aromatic amines is 1. The third-order valence-corrected chi connectivity index (χ3v) is 4.59. The molecule has 0 aliphatic heterocycles. The van der Waals surface area contributed by atoms with E-state index in [4.69, 9.17) is 9.15 Å². The third kappa shape index (κ3) is 2.50. The summed E-state index contributed by atoms with van der Waals surface area (Å²) in [7, 11) is 1.56. The van der Waals surface area contributed by atoms with Gasteiger partial charge in [-0.15, -0.1) is 0 Å². The van der Waals surface area contributed by atoms with Gasteiger partial charge >= 0.3 is 0 Å². The quantitative estimate of drug-likeness (QED) is 0.487. The molecule has 0 fully saturated rings. The van der Waals surface area contributed by atoms with Gasteiger partial charge in [0.25, 0.3) is 0 Å². The second-order valence-corrected chi connectivity index (χ2v) is 6.20. The highest BCUT2D eigenvalue weighted by Crippen LogP contribution is 2.38. The number of fused-ring (bicyclic) bond motifs is 2. The SMILES string of the molecule is COc1cc(O)ccc1-c1cc2nccc(-c3ccc4nc[nH]c4c3)c2o1. The van der Waals surface area contributed by atoms with Crippen LogP contribution >= 0.6 is 0 Å². The lowest BCUT2D eigenvalue weighted by Gasteiger charge is -2.06. The first-order valence-corrected chi connectivity index (χ1v) is 8.42. The van der Waals surface area contributed by atoms with Gasteiger partial charge in [0.1, 0.15) is 22.8 Å². The Balaban J connectivity index is 1.70. The summed E-state index contributed by atoms with van der Waals surface area (Å²) in [5.74, 6) is 1.30. The summed E-state index contributed by atoms with van der Waals surface area (Å²) in [5, 5.41) is 9.69. The molecular formula is C21H15N3O3. The molecule has 0 radical (unpaired) electrons. The number of nitrogens with zero attached hydrogens (tertiary/aromatic N) is 2. The van der Waals surface area contributed by atoms with Crippen LogP contribution in [0.2, 0.25) is 0 Å². The van der Waals surface area contributed by atoms with Gasteiger partial charge < -0.3 is 19.2 Å². The molecule has 0 spiro atoms. The molecule has 2 aromatic carbocycles. The molecule has 0 aliphatic carbocycles. The number of hydrogen-bond donors (Lipinski definition) is 2. The molecule has 5 rings (SSSR count). The molecule has 0 saturated heterocycles. The fraction of sp³-hybridized carbons (Fsp3) is 0.0476. The lowest BCUT2D eigenvalue weighted by atomic mass is 10.1. The number of pyridine rings is 1. The van der Waals surface area contributed by atoms with Gasteiger partial charge in [-0.3, -0.25) is 4.98 Å². The molecule has 27 heavy (non-hydrogen) atoms.